The molecule has 18 heavy (non-hydrogen) atoms. The molecule has 4 heteroatoms. The molecule has 0 unspecified atom stereocenters. The lowest BCUT2D eigenvalue weighted by molar-refractivity contribution is 0.354. The fourth-order valence-electron chi connectivity index (χ4n) is 2.96. The molecule has 1 saturated carbocycles. The molecule has 0 amide bonds. The van der Waals surface area contributed by atoms with E-state index in [2.05, 4.69) is 9.55 Å². The second-order valence-corrected chi connectivity index (χ2v) is 5.22. The molecule has 1 aliphatic carbocycles. The van der Waals surface area contributed by atoms with Crippen LogP contribution in [0.1, 0.15) is 44.0 Å². The summed E-state index contributed by atoms with van der Waals surface area (Å²) in [6, 6.07) is 5.29. The first-order valence-corrected chi connectivity index (χ1v) is 7.05. The Hall–Kier alpha value is -1.09. The van der Waals surface area contributed by atoms with Crippen LogP contribution in [0.3, 0.4) is 0 Å². The van der Waals surface area contributed by atoms with Crippen LogP contribution in [0.25, 0.3) is 11.0 Å². The fraction of sp³-hybridized carbons (Fsp3) is 0.500. The van der Waals surface area contributed by atoms with E-state index in [1.54, 1.807) is 0 Å². The van der Waals surface area contributed by atoms with E-state index in [-0.39, 0.29) is 5.82 Å². The molecule has 3 rings (SSSR count). The molecule has 2 aromatic rings. The Balaban J connectivity index is 2.12. The third-order valence-corrected chi connectivity index (χ3v) is 4.02. The standard InChI is InChI=1S/C14H16ClFN2/c15-9-14-17-12-8-10(16)6-7-13(12)18(14)11-4-2-1-3-5-11/h6-8,11H,1-5,9H2. The zero-order chi connectivity index (χ0) is 12.5. The molecule has 1 fully saturated rings. The van der Waals surface area contributed by atoms with Gasteiger partial charge in [0, 0.05) is 12.1 Å². The van der Waals surface area contributed by atoms with Crippen LogP contribution in [0.15, 0.2) is 18.2 Å². The Labute approximate surface area is 111 Å². The largest absolute Gasteiger partial charge is 0.324 e. The number of imidazole rings is 1. The Morgan fingerprint density at radius 1 is 1.28 bits per heavy atom. The maximum absolute atomic E-state index is 13.2. The number of alkyl halides is 1. The molecule has 1 aromatic heterocycles. The molecule has 1 heterocycles. The Morgan fingerprint density at radius 2 is 2.06 bits per heavy atom. The van der Waals surface area contributed by atoms with Gasteiger partial charge in [0.2, 0.25) is 0 Å². The lowest BCUT2D eigenvalue weighted by atomic mass is 9.95. The quantitative estimate of drug-likeness (QED) is 0.736. The molecule has 0 atom stereocenters. The summed E-state index contributed by atoms with van der Waals surface area (Å²) in [5, 5.41) is 0. The Morgan fingerprint density at radius 3 is 2.78 bits per heavy atom. The van der Waals surface area contributed by atoms with Crippen LogP contribution in [0.2, 0.25) is 0 Å². The number of fused-ring (bicyclic) bond motifs is 1. The van der Waals surface area contributed by atoms with Crippen LogP contribution in [0.4, 0.5) is 4.39 Å². The highest BCUT2D eigenvalue weighted by atomic mass is 35.5. The number of hydrogen-bond acceptors (Lipinski definition) is 1. The van der Waals surface area contributed by atoms with Crippen molar-refractivity contribution < 1.29 is 4.39 Å². The summed E-state index contributed by atoms with van der Waals surface area (Å²) >= 11 is 5.99. The van der Waals surface area contributed by atoms with Crippen LogP contribution >= 0.6 is 11.6 Å². The van der Waals surface area contributed by atoms with Gasteiger partial charge < -0.3 is 4.57 Å². The van der Waals surface area contributed by atoms with Crippen molar-refractivity contribution in [3.05, 3.63) is 29.8 Å². The number of nitrogens with zero attached hydrogens (tertiary/aromatic N) is 2. The summed E-state index contributed by atoms with van der Waals surface area (Å²) in [6.45, 7) is 0. The van der Waals surface area contributed by atoms with Gasteiger partial charge >= 0.3 is 0 Å². The minimum Gasteiger partial charge on any atom is -0.324 e. The third-order valence-electron chi connectivity index (χ3n) is 3.78. The van der Waals surface area contributed by atoms with E-state index in [9.17, 15) is 4.39 Å². The van der Waals surface area contributed by atoms with Crippen molar-refractivity contribution in [1.29, 1.82) is 0 Å². The highest BCUT2D eigenvalue weighted by Gasteiger charge is 2.21. The zero-order valence-corrected chi connectivity index (χ0v) is 11.0. The van der Waals surface area contributed by atoms with Crippen molar-refractivity contribution >= 4 is 22.6 Å². The predicted molar refractivity (Wildman–Crippen MR) is 71.4 cm³/mol. The molecule has 0 aliphatic heterocycles. The number of hydrogen-bond donors (Lipinski definition) is 0. The van der Waals surface area contributed by atoms with Gasteiger partial charge in [0.1, 0.15) is 11.6 Å². The molecule has 2 nitrogen and oxygen atoms in total. The van der Waals surface area contributed by atoms with Crippen molar-refractivity contribution in [1.82, 2.24) is 9.55 Å². The van der Waals surface area contributed by atoms with E-state index in [1.165, 1.54) is 44.2 Å². The van der Waals surface area contributed by atoms with Gasteiger partial charge in [0.15, 0.2) is 0 Å². The molecule has 96 valence electrons. The molecule has 1 aliphatic rings. The summed E-state index contributed by atoms with van der Waals surface area (Å²) in [4.78, 5) is 4.46. The maximum Gasteiger partial charge on any atom is 0.125 e. The molecular weight excluding hydrogens is 251 g/mol. The molecular formula is C14H16ClFN2. The van der Waals surface area contributed by atoms with E-state index in [0.29, 0.717) is 11.9 Å². The van der Waals surface area contributed by atoms with Crippen molar-refractivity contribution in [2.24, 2.45) is 0 Å². The van der Waals surface area contributed by atoms with Crippen LogP contribution in [0, 0.1) is 5.82 Å². The maximum atomic E-state index is 13.2. The van der Waals surface area contributed by atoms with Crippen LogP contribution in [0.5, 0.6) is 0 Å². The highest BCUT2D eigenvalue weighted by Crippen LogP contribution is 2.33. The van der Waals surface area contributed by atoms with Gasteiger partial charge in [-0.25, -0.2) is 9.37 Å². The minimum atomic E-state index is -0.239. The van der Waals surface area contributed by atoms with Gasteiger partial charge in [-0.2, -0.15) is 0 Å². The number of rotatable bonds is 2. The van der Waals surface area contributed by atoms with Crippen LogP contribution in [-0.2, 0) is 5.88 Å². The zero-order valence-electron chi connectivity index (χ0n) is 10.2. The SMILES string of the molecule is Fc1ccc2c(c1)nc(CCl)n2C1CCCCC1. The number of halogens is 2. The average Bonchev–Trinajstić information content (AvgIpc) is 2.77. The van der Waals surface area contributed by atoms with Crippen molar-refractivity contribution in [3.63, 3.8) is 0 Å². The Bertz CT molecular complexity index is 558. The van der Waals surface area contributed by atoms with E-state index in [4.69, 9.17) is 11.6 Å². The van der Waals surface area contributed by atoms with Crippen molar-refractivity contribution in [2.45, 2.75) is 44.0 Å². The van der Waals surface area contributed by atoms with E-state index in [0.717, 1.165) is 16.9 Å². The fourth-order valence-corrected chi connectivity index (χ4v) is 3.15. The van der Waals surface area contributed by atoms with Gasteiger partial charge in [-0.15, -0.1) is 11.6 Å². The van der Waals surface area contributed by atoms with Gasteiger partial charge in [0.25, 0.3) is 0 Å². The number of aromatic nitrogens is 2. The molecule has 0 saturated heterocycles. The second-order valence-electron chi connectivity index (χ2n) is 4.96. The first kappa shape index (κ1) is 12.0. The summed E-state index contributed by atoms with van der Waals surface area (Å²) in [6.07, 6.45) is 6.17. The normalized spacial score (nSPS) is 17.4. The Kier molecular flexibility index (Phi) is 3.25. The van der Waals surface area contributed by atoms with E-state index < -0.39 is 0 Å². The van der Waals surface area contributed by atoms with Crippen molar-refractivity contribution in [2.75, 3.05) is 0 Å². The third kappa shape index (κ3) is 2.01. The average molecular weight is 267 g/mol. The lowest BCUT2D eigenvalue weighted by Crippen LogP contribution is -2.14. The second kappa shape index (κ2) is 4.88. The first-order valence-electron chi connectivity index (χ1n) is 6.52. The molecule has 0 spiro atoms. The molecule has 0 N–H and O–H groups in total. The van der Waals surface area contributed by atoms with Crippen molar-refractivity contribution in [3.8, 4) is 0 Å². The van der Waals surface area contributed by atoms with Gasteiger partial charge in [-0.05, 0) is 25.0 Å². The summed E-state index contributed by atoms with van der Waals surface area (Å²) in [5.41, 5.74) is 1.73. The van der Waals surface area contributed by atoms with Crippen LogP contribution in [-0.4, -0.2) is 9.55 Å². The summed E-state index contributed by atoms with van der Waals surface area (Å²) in [5.74, 6) is 1.01. The highest BCUT2D eigenvalue weighted by molar-refractivity contribution is 6.16. The van der Waals surface area contributed by atoms with Gasteiger partial charge in [-0.1, -0.05) is 19.3 Å². The van der Waals surface area contributed by atoms with E-state index >= 15 is 0 Å². The topological polar surface area (TPSA) is 17.8 Å². The number of benzene rings is 1. The molecule has 0 bridgehead atoms. The van der Waals surface area contributed by atoms with Gasteiger partial charge in [-0.3, -0.25) is 0 Å². The monoisotopic (exact) mass is 266 g/mol. The van der Waals surface area contributed by atoms with Gasteiger partial charge in [0.05, 0.1) is 16.9 Å². The summed E-state index contributed by atoms with van der Waals surface area (Å²) < 4.78 is 15.5. The summed E-state index contributed by atoms with van der Waals surface area (Å²) in [7, 11) is 0. The first-order chi connectivity index (χ1) is 8.79. The smallest absolute Gasteiger partial charge is 0.125 e. The predicted octanol–water partition coefficient (Wildman–Crippen LogP) is 4.42. The molecule has 1 aromatic carbocycles. The van der Waals surface area contributed by atoms with E-state index in [1.807, 2.05) is 6.07 Å². The minimum absolute atomic E-state index is 0.239. The lowest BCUT2D eigenvalue weighted by Gasteiger charge is -2.25. The molecule has 0 radical (unpaired) electrons. The van der Waals surface area contributed by atoms with Crippen LogP contribution < -0.4 is 0 Å².